The number of phenols is 2. The molecule has 0 radical (unpaired) electrons. The molecule has 0 amide bonds. The Morgan fingerprint density at radius 1 is 0.457 bits per heavy atom. The van der Waals surface area contributed by atoms with Gasteiger partial charge in [0.25, 0.3) is 0 Å². The average Bonchev–Trinajstić information content (AvgIpc) is 3.20. The van der Waals surface area contributed by atoms with E-state index in [4.69, 9.17) is 0 Å². The molecule has 166 valence electrons. The fraction of sp³-hybridized carbons (Fsp3) is 0.0303. The Morgan fingerprint density at radius 2 is 1.06 bits per heavy atom. The third kappa shape index (κ3) is 2.71. The van der Waals surface area contributed by atoms with Gasteiger partial charge in [0.05, 0.1) is 5.41 Å². The number of aromatic hydroxyl groups is 2. The quantitative estimate of drug-likeness (QED) is 0.282. The van der Waals surface area contributed by atoms with E-state index in [1.807, 2.05) is 18.2 Å². The second kappa shape index (κ2) is 7.22. The highest BCUT2D eigenvalue weighted by molar-refractivity contribution is 5.93. The van der Waals surface area contributed by atoms with Crippen molar-refractivity contribution in [1.82, 2.24) is 0 Å². The Bertz CT molecular complexity index is 1730. The van der Waals surface area contributed by atoms with Crippen molar-refractivity contribution in [2.75, 3.05) is 0 Å². The molecule has 7 rings (SSSR count). The third-order valence-corrected chi connectivity index (χ3v) is 7.50. The van der Waals surface area contributed by atoms with Gasteiger partial charge in [0.1, 0.15) is 11.5 Å². The highest BCUT2D eigenvalue weighted by atomic mass is 16.3. The molecule has 2 heteroatoms. The summed E-state index contributed by atoms with van der Waals surface area (Å²) >= 11 is 0. The molecule has 0 heterocycles. The highest BCUT2D eigenvalue weighted by Crippen LogP contribution is 2.56. The molecule has 1 aliphatic rings. The van der Waals surface area contributed by atoms with Crippen LogP contribution in [-0.2, 0) is 5.41 Å². The van der Waals surface area contributed by atoms with E-state index in [0.717, 1.165) is 27.1 Å². The summed E-state index contributed by atoms with van der Waals surface area (Å²) in [6.07, 6.45) is 0. The summed E-state index contributed by atoms with van der Waals surface area (Å²) in [5.74, 6) is 0.562. The van der Waals surface area contributed by atoms with Crippen molar-refractivity contribution in [3.05, 3.63) is 144 Å². The monoisotopic (exact) mass is 450 g/mol. The van der Waals surface area contributed by atoms with Gasteiger partial charge in [-0.3, -0.25) is 0 Å². The van der Waals surface area contributed by atoms with Crippen molar-refractivity contribution in [3.63, 3.8) is 0 Å². The maximum Gasteiger partial charge on any atom is 0.123 e. The zero-order valence-electron chi connectivity index (χ0n) is 18.9. The lowest BCUT2D eigenvalue weighted by Crippen LogP contribution is -2.28. The van der Waals surface area contributed by atoms with Crippen molar-refractivity contribution >= 4 is 21.5 Å². The number of fused-ring (bicyclic) bond motifs is 5. The van der Waals surface area contributed by atoms with Gasteiger partial charge in [0.2, 0.25) is 0 Å². The van der Waals surface area contributed by atoms with Crippen molar-refractivity contribution in [2.45, 2.75) is 5.41 Å². The molecule has 2 nitrogen and oxygen atoms in total. The molecular weight excluding hydrogens is 428 g/mol. The smallest absolute Gasteiger partial charge is 0.123 e. The van der Waals surface area contributed by atoms with Gasteiger partial charge >= 0.3 is 0 Å². The van der Waals surface area contributed by atoms with Crippen LogP contribution in [0.4, 0.5) is 0 Å². The Labute approximate surface area is 203 Å². The molecule has 0 saturated carbocycles. The Balaban J connectivity index is 1.63. The first-order valence-corrected chi connectivity index (χ1v) is 11.8. The van der Waals surface area contributed by atoms with Crippen molar-refractivity contribution in [3.8, 4) is 22.6 Å². The second-order valence-corrected chi connectivity index (χ2v) is 9.30. The van der Waals surface area contributed by atoms with Gasteiger partial charge in [0, 0.05) is 5.39 Å². The van der Waals surface area contributed by atoms with E-state index < -0.39 is 5.41 Å². The van der Waals surface area contributed by atoms with Crippen LogP contribution in [0.15, 0.2) is 121 Å². The fourth-order valence-corrected chi connectivity index (χ4v) is 5.99. The predicted octanol–water partition coefficient (Wildman–Crippen LogP) is 7.77. The SMILES string of the molecule is Oc1ccc2cc(C3(c4ccc5c(O)cccc5c4)c4ccccc4-c4ccccc43)ccc2c1. The molecule has 2 N–H and O–H groups in total. The number of hydrogen-bond donors (Lipinski definition) is 2. The van der Waals surface area contributed by atoms with E-state index in [9.17, 15) is 10.2 Å². The summed E-state index contributed by atoms with van der Waals surface area (Å²) in [6, 6.07) is 41.5. The van der Waals surface area contributed by atoms with Gasteiger partial charge in [-0.05, 0) is 79.9 Å². The molecule has 6 aromatic carbocycles. The highest BCUT2D eigenvalue weighted by Gasteiger charge is 2.46. The molecular formula is C33H22O2. The van der Waals surface area contributed by atoms with Gasteiger partial charge in [-0.15, -0.1) is 0 Å². The lowest BCUT2D eigenvalue weighted by Gasteiger charge is -2.34. The Hall–Kier alpha value is -4.56. The zero-order chi connectivity index (χ0) is 23.6. The minimum Gasteiger partial charge on any atom is -0.508 e. The van der Waals surface area contributed by atoms with Crippen LogP contribution < -0.4 is 0 Å². The van der Waals surface area contributed by atoms with E-state index in [1.165, 1.54) is 27.8 Å². The van der Waals surface area contributed by atoms with E-state index in [-0.39, 0.29) is 5.75 Å². The number of phenolic OH excluding ortho intramolecular Hbond substituents is 2. The molecule has 0 unspecified atom stereocenters. The third-order valence-electron chi connectivity index (χ3n) is 7.50. The van der Waals surface area contributed by atoms with Crippen molar-refractivity contribution < 1.29 is 10.2 Å². The predicted molar refractivity (Wildman–Crippen MR) is 142 cm³/mol. The Kier molecular flexibility index (Phi) is 4.10. The summed E-state index contributed by atoms with van der Waals surface area (Å²) in [5, 5.41) is 24.4. The van der Waals surface area contributed by atoms with Crippen molar-refractivity contribution in [1.29, 1.82) is 0 Å². The van der Waals surface area contributed by atoms with Gasteiger partial charge in [-0.1, -0.05) is 91.0 Å². The lowest BCUT2D eigenvalue weighted by molar-refractivity contribution is 0.476. The van der Waals surface area contributed by atoms with Crippen LogP contribution in [0.5, 0.6) is 11.5 Å². The first-order chi connectivity index (χ1) is 17.2. The first kappa shape index (κ1) is 19.9. The van der Waals surface area contributed by atoms with Crippen LogP contribution >= 0.6 is 0 Å². The minimum absolute atomic E-state index is 0.269. The summed E-state index contributed by atoms with van der Waals surface area (Å²) < 4.78 is 0. The van der Waals surface area contributed by atoms with Gasteiger partial charge in [-0.2, -0.15) is 0 Å². The number of rotatable bonds is 2. The van der Waals surface area contributed by atoms with Crippen LogP contribution in [0, 0.1) is 0 Å². The maximum atomic E-state index is 10.4. The van der Waals surface area contributed by atoms with E-state index in [2.05, 4.69) is 84.9 Å². The van der Waals surface area contributed by atoms with Crippen LogP contribution in [0.3, 0.4) is 0 Å². The molecule has 6 aromatic rings. The molecule has 35 heavy (non-hydrogen) atoms. The number of benzene rings is 6. The summed E-state index contributed by atoms with van der Waals surface area (Å²) in [7, 11) is 0. The van der Waals surface area contributed by atoms with E-state index in [0.29, 0.717) is 5.75 Å². The van der Waals surface area contributed by atoms with E-state index >= 15 is 0 Å². The Morgan fingerprint density at radius 3 is 1.80 bits per heavy atom. The van der Waals surface area contributed by atoms with Crippen LogP contribution in [0.2, 0.25) is 0 Å². The van der Waals surface area contributed by atoms with Crippen molar-refractivity contribution in [2.24, 2.45) is 0 Å². The van der Waals surface area contributed by atoms with Crippen LogP contribution in [0.1, 0.15) is 22.3 Å². The average molecular weight is 451 g/mol. The van der Waals surface area contributed by atoms with Crippen LogP contribution in [0.25, 0.3) is 32.7 Å². The topological polar surface area (TPSA) is 40.5 Å². The molecule has 0 atom stereocenters. The normalized spacial score (nSPS) is 13.6. The molecule has 0 aromatic heterocycles. The van der Waals surface area contributed by atoms with E-state index in [1.54, 1.807) is 18.2 Å². The number of hydrogen-bond acceptors (Lipinski definition) is 2. The summed E-state index contributed by atoms with van der Waals surface area (Å²) in [6.45, 7) is 0. The van der Waals surface area contributed by atoms with Gasteiger partial charge < -0.3 is 10.2 Å². The standard InChI is InChI=1S/C33H22O2/c34-26-16-13-21-18-24(14-12-22(21)20-26)33(25-15-17-27-23(19-25)6-5-11-32(27)35)30-9-3-1-7-28(30)29-8-2-4-10-31(29)33/h1-20,34-35H. The summed E-state index contributed by atoms with van der Waals surface area (Å²) in [4.78, 5) is 0. The van der Waals surface area contributed by atoms with Gasteiger partial charge in [-0.25, -0.2) is 0 Å². The molecule has 1 aliphatic carbocycles. The lowest BCUT2D eigenvalue weighted by atomic mass is 9.67. The van der Waals surface area contributed by atoms with Gasteiger partial charge in [0.15, 0.2) is 0 Å². The largest absolute Gasteiger partial charge is 0.508 e. The molecule has 0 saturated heterocycles. The van der Waals surface area contributed by atoms with Crippen LogP contribution in [-0.4, -0.2) is 10.2 Å². The molecule has 0 fully saturated rings. The fourth-order valence-electron chi connectivity index (χ4n) is 5.99. The summed E-state index contributed by atoms with van der Waals surface area (Å²) in [5.41, 5.74) is 6.80. The maximum absolute atomic E-state index is 10.4. The molecule has 0 bridgehead atoms. The molecule has 0 spiro atoms. The second-order valence-electron chi connectivity index (χ2n) is 9.30. The first-order valence-electron chi connectivity index (χ1n) is 11.8. The zero-order valence-corrected chi connectivity index (χ0v) is 18.9. The molecule has 0 aliphatic heterocycles. The minimum atomic E-state index is -0.515.